The second-order valence-electron chi connectivity index (χ2n) is 5.11. The summed E-state index contributed by atoms with van der Waals surface area (Å²) in [5.41, 5.74) is 2.81. The van der Waals surface area contributed by atoms with Crippen molar-refractivity contribution in [2.75, 3.05) is 0 Å². The summed E-state index contributed by atoms with van der Waals surface area (Å²) in [7, 11) is 0. The Labute approximate surface area is 163 Å². The molecule has 0 aliphatic carbocycles. The number of rotatable bonds is 3. The van der Waals surface area contributed by atoms with E-state index in [2.05, 4.69) is 47.8 Å². The zero-order valence-corrected chi connectivity index (χ0v) is 16.8. The van der Waals surface area contributed by atoms with E-state index >= 15 is 0 Å². The van der Waals surface area contributed by atoms with Crippen molar-refractivity contribution in [1.82, 2.24) is 0 Å². The quantitative estimate of drug-likeness (QED) is 0.281. The van der Waals surface area contributed by atoms with Crippen LogP contribution in [0.5, 0.6) is 0 Å². The largest absolute Gasteiger partial charge is 0.449 e. The minimum absolute atomic E-state index is 0.686. The highest BCUT2D eigenvalue weighted by atomic mass is 79.9. The van der Waals surface area contributed by atoms with Crippen LogP contribution in [0.2, 0.25) is 0 Å². The van der Waals surface area contributed by atoms with Gasteiger partial charge in [-0.15, -0.1) is 0 Å². The molecule has 0 unspecified atom stereocenters. The molecule has 120 valence electrons. The van der Waals surface area contributed by atoms with Crippen molar-refractivity contribution in [3.8, 4) is 34.0 Å². The Balaban J connectivity index is 1.90. The van der Waals surface area contributed by atoms with Crippen LogP contribution in [0.15, 0.2) is 81.9 Å². The molecule has 1 aromatic carbocycles. The van der Waals surface area contributed by atoms with E-state index < -0.39 is 0 Å². The van der Waals surface area contributed by atoms with Gasteiger partial charge in [-0.1, -0.05) is 0 Å². The van der Waals surface area contributed by atoms with Gasteiger partial charge in [0.05, 0.1) is 0 Å². The highest BCUT2D eigenvalue weighted by Gasteiger charge is 2.13. The van der Waals surface area contributed by atoms with Gasteiger partial charge in [-0.25, -0.2) is 0 Å². The third-order valence-electron chi connectivity index (χ3n) is 3.51. The van der Waals surface area contributed by atoms with Crippen molar-refractivity contribution in [3.63, 3.8) is 0 Å². The van der Waals surface area contributed by atoms with Crippen molar-refractivity contribution in [2.24, 2.45) is 0 Å². The molecule has 3 nitrogen and oxygen atoms in total. The number of hydrogen-bond donors (Lipinski definition) is 0. The summed E-state index contributed by atoms with van der Waals surface area (Å²) in [5.74, 6) is 2.30. The summed E-state index contributed by atoms with van der Waals surface area (Å²) in [6.07, 6.45) is 0. The average Bonchev–Trinajstić information content (AvgIpc) is 3.28. The summed E-state index contributed by atoms with van der Waals surface area (Å²) >= 11 is 10.0. The Morgan fingerprint density at radius 3 is 0.958 bits per heavy atom. The first-order valence-electron chi connectivity index (χ1n) is 7.01. The Kier molecular flexibility index (Phi) is 4.28. The van der Waals surface area contributed by atoms with Crippen molar-refractivity contribution < 1.29 is 13.3 Å². The molecular formula is C18H9Br3O3. The zero-order chi connectivity index (χ0) is 16.7. The first-order valence-corrected chi connectivity index (χ1v) is 9.38. The predicted molar refractivity (Wildman–Crippen MR) is 103 cm³/mol. The van der Waals surface area contributed by atoms with Gasteiger partial charge in [0.15, 0.2) is 14.0 Å². The van der Waals surface area contributed by atoms with Gasteiger partial charge in [-0.2, -0.15) is 0 Å². The van der Waals surface area contributed by atoms with Crippen LogP contribution in [0.3, 0.4) is 0 Å². The van der Waals surface area contributed by atoms with E-state index in [9.17, 15) is 0 Å². The number of halogens is 3. The molecule has 0 aliphatic rings. The Bertz CT molecular complexity index is 869. The topological polar surface area (TPSA) is 39.4 Å². The number of benzene rings is 1. The minimum atomic E-state index is 0.686. The van der Waals surface area contributed by atoms with Crippen molar-refractivity contribution in [3.05, 3.63) is 68.6 Å². The van der Waals surface area contributed by atoms with Crippen LogP contribution >= 0.6 is 47.8 Å². The number of hydrogen-bond acceptors (Lipinski definition) is 3. The van der Waals surface area contributed by atoms with Gasteiger partial charge in [0.2, 0.25) is 0 Å². The van der Waals surface area contributed by atoms with E-state index in [0.29, 0.717) is 14.0 Å². The third-order valence-corrected chi connectivity index (χ3v) is 4.78. The van der Waals surface area contributed by atoms with Gasteiger partial charge in [-0.3, -0.25) is 0 Å². The molecule has 4 rings (SSSR count). The van der Waals surface area contributed by atoms with Crippen LogP contribution in [0.25, 0.3) is 34.0 Å². The summed E-state index contributed by atoms with van der Waals surface area (Å²) in [6, 6.07) is 17.4. The first kappa shape index (κ1) is 16.0. The number of furan rings is 3. The molecule has 0 atom stereocenters. The van der Waals surface area contributed by atoms with E-state index in [0.717, 1.165) is 34.0 Å². The maximum atomic E-state index is 5.70. The normalized spacial score (nSPS) is 11.1. The maximum Gasteiger partial charge on any atom is 0.169 e. The fourth-order valence-electron chi connectivity index (χ4n) is 2.46. The fraction of sp³-hybridized carbons (Fsp3) is 0. The summed E-state index contributed by atoms with van der Waals surface area (Å²) in [5, 5.41) is 0. The lowest BCUT2D eigenvalue weighted by atomic mass is 10.0. The molecule has 4 aromatic rings. The van der Waals surface area contributed by atoms with E-state index in [1.54, 1.807) is 0 Å². The standard InChI is InChI=1S/C18H9Br3O3/c19-16-4-1-13(22-16)10-7-11(14-2-5-17(20)23-14)9-12(8-10)15-3-6-18(21)24-15/h1-9H. The molecule has 3 aromatic heterocycles. The second-order valence-corrected chi connectivity index (χ2v) is 7.46. The van der Waals surface area contributed by atoms with E-state index in [-0.39, 0.29) is 0 Å². The van der Waals surface area contributed by atoms with Gasteiger partial charge >= 0.3 is 0 Å². The molecule has 0 spiro atoms. The average molecular weight is 513 g/mol. The van der Waals surface area contributed by atoms with E-state index in [1.165, 1.54) is 0 Å². The predicted octanol–water partition coefficient (Wildman–Crippen LogP) is 7.75. The van der Waals surface area contributed by atoms with Crippen LogP contribution in [0.1, 0.15) is 0 Å². The van der Waals surface area contributed by atoms with Crippen LogP contribution < -0.4 is 0 Å². The Morgan fingerprint density at radius 2 is 0.750 bits per heavy atom. The monoisotopic (exact) mass is 510 g/mol. The minimum Gasteiger partial charge on any atom is -0.449 e. The Morgan fingerprint density at radius 1 is 0.458 bits per heavy atom. The maximum absolute atomic E-state index is 5.70. The lowest BCUT2D eigenvalue weighted by Gasteiger charge is -2.06. The van der Waals surface area contributed by atoms with Gasteiger partial charge in [0, 0.05) is 16.7 Å². The SMILES string of the molecule is Brc1ccc(-c2cc(-c3ccc(Br)o3)cc(-c3ccc(Br)o3)c2)o1. The van der Waals surface area contributed by atoms with Crippen molar-refractivity contribution in [2.45, 2.75) is 0 Å². The van der Waals surface area contributed by atoms with Crippen molar-refractivity contribution >= 4 is 47.8 Å². The van der Waals surface area contributed by atoms with Crippen LogP contribution in [-0.2, 0) is 0 Å². The highest BCUT2D eigenvalue weighted by Crippen LogP contribution is 2.36. The molecule has 0 amide bonds. The van der Waals surface area contributed by atoms with Gasteiger partial charge in [0.25, 0.3) is 0 Å². The van der Waals surface area contributed by atoms with Gasteiger partial charge in [0.1, 0.15) is 17.3 Å². The molecule has 0 radical (unpaired) electrons. The fourth-order valence-corrected chi connectivity index (χ4v) is 3.38. The highest BCUT2D eigenvalue weighted by molar-refractivity contribution is 9.10. The molecule has 0 fully saturated rings. The van der Waals surface area contributed by atoms with Crippen LogP contribution in [-0.4, -0.2) is 0 Å². The van der Waals surface area contributed by atoms with Crippen molar-refractivity contribution in [1.29, 1.82) is 0 Å². The molecule has 0 N–H and O–H groups in total. The van der Waals surface area contributed by atoms with Gasteiger partial charge < -0.3 is 13.3 Å². The molecular weight excluding hydrogens is 504 g/mol. The first-order chi connectivity index (χ1) is 11.6. The smallest absolute Gasteiger partial charge is 0.169 e. The van der Waals surface area contributed by atoms with Crippen LogP contribution in [0, 0.1) is 0 Å². The summed E-state index contributed by atoms with van der Waals surface area (Å²) in [4.78, 5) is 0. The molecule has 0 aliphatic heterocycles. The second kappa shape index (κ2) is 6.43. The van der Waals surface area contributed by atoms with Gasteiger partial charge in [-0.05, 0) is 102 Å². The summed E-state index contributed by atoms with van der Waals surface area (Å²) < 4.78 is 19.2. The molecule has 0 saturated carbocycles. The Hall–Kier alpha value is -1.50. The molecule has 0 bridgehead atoms. The lowest BCUT2D eigenvalue weighted by molar-refractivity contribution is 0.552. The lowest BCUT2D eigenvalue weighted by Crippen LogP contribution is -1.83. The zero-order valence-electron chi connectivity index (χ0n) is 12.1. The molecule has 6 heteroatoms. The van der Waals surface area contributed by atoms with E-state index in [1.807, 2.05) is 54.6 Å². The van der Waals surface area contributed by atoms with Crippen LogP contribution in [0.4, 0.5) is 0 Å². The molecule has 3 heterocycles. The molecule has 24 heavy (non-hydrogen) atoms. The van der Waals surface area contributed by atoms with E-state index in [4.69, 9.17) is 13.3 Å². The summed E-state index contributed by atoms with van der Waals surface area (Å²) in [6.45, 7) is 0. The third kappa shape index (κ3) is 3.18. The molecule has 0 saturated heterocycles.